The topological polar surface area (TPSA) is 24.5 Å². The lowest BCUT2D eigenvalue weighted by molar-refractivity contribution is 0.105. The molecule has 3 nitrogen and oxygen atoms in total. The Balaban J connectivity index is 3.04. The minimum absolute atomic E-state index is 0.869. The number of likely N-dealkylation sites (N-methyl/N-ethyl adjacent to an activating group) is 1. The molecule has 0 aromatic rings. The van der Waals surface area contributed by atoms with E-state index in [1.807, 2.05) is 0 Å². The maximum absolute atomic E-state index is 5.53. The molecule has 0 amide bonds. The predicted octanol–water partition coefficient (Wildman–Crippen LogP) is 1.34. The first-order chi connectivity index (χ1) is 6.85. The van der Waals surface area contributed by atoms with Crippen LogP contribution in [0.15, 0.2) is 0 Å². The third kappa shape index (κ3) is 8.48. The van der Waals surface area contributed by atoms with Crippen molar-refractivity contribution >= 4 is 0 Å². The average molecular weight is 202 g/mol. The van der Waals surface area contributed by atoms with E-state index in [-0.39, 0.29) is 0 Å². The lowest BCUT2D eigenvalue weighted by Crippen LogP contribution is -2.27. The zero-order chi connectivity index (χ0) is 10.6. The van der Waals surface area contributed by atoms with Gasteiger partial charge in [-0.25, -0.2) is 0 Å². The fourth-order valence-electron chi connectivity index (χ4n) is 1.31. The van der Waals surface area contributed by atoms with E-state index in [0.29, 0.717) is 0 Å². The van der Waals surface area contributed by atoms with Crippen LogP contribution < -0.4 is 5.32 Å². The Labute approximate surface area is 88.8 Å². The second kappa shape index (κ2) is 11.0. The third-order valence-electron chi connectivity index (χ3n) is 2.34. The molecule has 0 aliphatic heterocycles. The van der Waals surface area contributed by atoms with Crippen molar-refractivity contribution in [1.29, 1.82) is 0 Å². The standard InChI is InChI=1S/C11H26N2O/c1-4-12-8-7-10-14-11-9-13(5-2)6-3/h12H,4-11H2,1-3H3. The minimum Gasteiger partial charge on any atom is -0.380 e. The van der Waals surface area contributed by atoms with Crippen LogP contribution in [-0.2, 0) is 4.74 Å². The van der Waals surface area contributed by atoms with Crippen molar-refractivity contribution in [3.05, 3.63) is 0 Å². The SMILES string of the molecule is CCNCCCOCCN(CC)CC. The maximum atomic E-state index is 5.53. The third-order valence-corrected chi connectivity index (χ3v) is 2.34. The first kappa shape index (κ1) is 13.9. The molecule has 0 fully saturated rings. The fourth-order valence-corrected chi connectivity index (χ4v) is 1.31. The summed E-state index contributed by atoms with van der Waals surface area (Å²) >= 11 is 0. The lowest BCUT2D eigenvalue weighted by atomic mass is 10.4. The number of ether oxygens (including phenoxy) is 1. The zero-order valence-electron chi connectivity index (χ0n) is 10.0. The molecule has 0 unspecified atom stereocenters. The molecular formula is C11H26N2O. The smallest absolute Gasteiger partial charge is 0.0593 e. The van der Waals surface area contributed by atoms with Crippen molar-refractivity contribution in [3.63, 3.8) is 0 Å². The molecule has 0 aromatic heterocycles. The molecule has 1 N–H and O–H groups in total. The highest BCUT2D eigenvalue weighted by Crippen LogP contribution is 1.88. The molecule has 0 bridgehead atoms. The molecule has 0 heterocycles. The fraction of sp³-hybridized carbons (Fsp3) is 1.00. The Hall–Kier alpha value is -0.120. The van der Waals surface area contributed by atoms with E-state index < -0.39 is 0 Å². The predicted molar refractivity (Wildman–Crippen MR) is 61.8 cm³/mol. The highest BCUT2D eigenvalue weighted by Gasteiger charge is 1.97. The maximum Gasteiger partial charge on any atom is 0.0593 e. The van der Waals surface area contributed by atoms with Gasteiger partial charge in [-0.2, -0.15) is 0 Å². The van der Waals surface area contributed by atoms with E-state index in [4.69, 9.17) is 4.74 Å². The van der Waals surface area contributed by atoms with Gasteiger partial charge in [0.25, 0.3) is 0 Å². The van der Waals surface area contributed by atoms with Crippen LogP contribution in [0, 0.1) is 0 Å². The van der Waals surface area contributed by atoms with Crippen molar-refractivity contribution in [1.82, 2.24) is 10.2 Å². The van der Waals surface area contributed by atoms with Crippen molar-refractivity contribution in [3.8, 4) is 0 Å². The van der Waals surface area contributed by atoms with Crippen LogP contribution in [0.3, 0.4) is 0 Å². The molecule has 0 aliphatic carbocycles. The largest absolute Gasteiger partial charge is 0.380 e. The van der Waals surface area contributed by atoms with Crippen LogP contribution in [-0.4, -0.2) is 50.8 Å². The molecule has 3 heteroatoms. The van der Waals surface area contributed by atoms with Crippen LogP contribution in [0.2, 0.25) is 0 Å². The normalized spacial score (nSPS) is 11.1. The van der Waals surface area contributed by atoms with E-state index in [0.717, 1.165) is 52.4 Å². The Morgan fingerprint density at radius 2 is 1.79 bits per heavy atom. The molecule has 0 aromatic carbocycles. The molecule has 14 heavy (non-hydrogen) atoms. The quantitative estimate of drug-likeness (QED) is 0.541. The molecule has 0 spiro atoms. The van der Waals surface area contributed by atoms with Gasteiger partial charge in [-0.3, -0.25) is 0 Å². The van der Waals surface area contributed by atoms with Gasteiger partial charge in [0, 0.05) is 13.2 Å². The Morgan fingerprint density at radius 3 is 2.36 bits per heavy atom. The minimum atomic E-state index is 0.869. The van der Waals surface area contributed by atoms with Crippen LogP contribution in [0.1, 0.15) is 27.2 Å². The molecule has 0 radical (unpaired) electrons. The molecule has 0 rings (SSSR count). The molecule has 0 saturated heterocycles. The van der Waals surface area contributed by atoms with Crippen molar-refractivity contribution in [2.75, 3.05) is 45.9 Å². The number of hydrogen-bond acceptors (Lipinski definition) is 3. The Bertz CT molecular complexity index is 105. The van der Waals surface area contributed by atoms with Gasteiger partial charge >= 0.3 is 0 Å². The number of nitrogens with one attached hydrogen (secondary N) is 1. The highest BCUT2D eigenvalue weighted by molar-refractivity contribution is 4.50. The first-order valence-corrected chi connectivity index (χ1v) is 5.85. The summed E-state index contributed by atoms with van der Waals surface area (Å²) in [6, 6.07) is 0. The molecule has 0 saturated carbocycles. The van der Waals surface area contributed by atoms with Crippen molar-refractivity contribution < 1.29 is 4.74 Å². The van der Waals surface area contributed by atoms with E-state index in [2.05, 4.69) is 31.0 Å². The number of rotatable bonds is 10. The van der Waals surface area contributed by atoms with E-state index >= 15 is 0 Å². The van der Waals surface area contributed by atoms with Crippen LogP contribution in [0.5, 0.6) is 0 Å². The van der Waals surface area contributed by atoms with Gasteiger partial charge in [-0.1, -0.05) is 20.8 Å². The van der Waals surface area contributed by atoms with Crippen LogP contribution >= 0.6 is 0 Å². The summed E-state index contributed by atoms with van der Waals surface area (Å²) in [7, 11) is 0. The van der Waals surface area contributed by atoms with Crippen molar-refractivity contribution in [2.45, 2.75) is 27.2 Å². The van der Waals surface area contributed by atoms with E-state index in [9.17, 15) is 0 Å². The summed E-state index contributed by atoms with van der Waals surface area (Å²) in [6.45, 7) is 13.7. The molecule has 86 valence electrons. The summed E-state index contributed by atoms with van der Waals surface area (Å²) in [5, 5.41) is 3.28. The summed E-state index contributed by atoms with van der Waals surface area (Å²) in [4.78, 5) is 2.38. The second-order valence-electron chi connectivity index (χ2n) is 3.35. The monoisotopic (exact) mass is 202 g/mol. The highest BCUT2D eigenvalue weighted by atomic mass is 16.5. The van der Waals surface area contributed by atoms with E-state index in [1.54, 1.807) is 0 Å². The first-order valence-electron chi connectivity index (χ1n) is 5.85. The summed E-state index contributed by atoms with van der Waals surface area (Å²) in [5.41, 5.74) is 0. The Morgan fingerprint density at radius 1 is 1.07 bits per heavy atom. The molecule has 0 aliphatic rings. The molecular weight excluding hydrogens is 176 g/mol. The van der Waals surface area contributed by atoms with Gasteiger partial charge < -0.3 is 15.0 Å². The number of hydrogen-bond donors (Lipinski definition) is 1. The van der Waals surface area contributed by atoms with Gasteiger partial charge in [-0.15, -0.1) is 0 Å². The van der Waals surface area contributed by atoms with Gasteiger partial charge in [-0.05, 0) is 32.6 Å². The van der Waals surface area contributed by atoms with Gasteiger partial charge in [0.2, 0.25) is 0 Å². The summed E-state index contributed by atoms with van der Waals surface area (Å²) < 4.78 is 5.53. The van der Waals surface area contributed by atoms with Crippen molar-refractivity contribution in [2.24, 2.45) is 0 Å². The molecule has 0 atom stereocenters. The van der Waals surface area contributed by atoms with Crippen LogP contribution in [0.25, 0.3) is 0 Å². The second-order valence-corrected chi connectivity index (χ2v) is 3.35. The van der Waals surface area contributed by atoms with Crippen LogP contribution in [0.4, 0.5) is 0 Å². The lowest BCUT2D eigenvalue weighted by Gasteiger charge is -2.17. The summed E-state index contributed by atoms with van der Waals surface area (Å²) in [6.07, 6.45) is 1.12. The van der Waals surface area contributed by atoms with Gasteiger partial charge in [0.05, 0.1) is 6.61 Å². The number of nitrogens with zero attached hydrogens (tertiary/aromatic N) is 1. The summed E-state index contributed by atoms with van der Waals surface area (Å²) in [5.74, 6) is 0. The Kier molecular flexibility index (Phi) is 10.9. The van der Waals surface area contributed by atoms with E-state index in [1.165, 1.54) is 0 Å². The van der Waals surface area contributed by atoms with Gasteiger partial charge in [0.15, 0.2) is 0 Å². The van der Waals surface area contributed by atoms with Gasteiger partial charge in [0.1, 0.15) is 0 Å². The average Bonchev–Trinajstić information content (AvgIpc) is 2.22. The zero-order valence-corrected chi connectivity index (χ0v) is 10.0.